The van der Waals surface area contributed by atoms with Crippen LogP contribution in [0.2, 0.25) is 5.02 Å². The van der Waals surface area contributed by atoms with E-state index in [2.05, 4.69) is 15.5 Å². The minimum atomic E-state index is -0.370. The largest absolute Gasteiger partial charge is 0.493 e. The van der Waals surface area contributed by atoms with E-state index in [4.69, 9.17) is 40.1 Å². The van der Waals surface area contributed by atoms with Gasteiger partial charge in [-0.1, -0.05) is 34.2 Å². The third-order valence-electron chi connectivity index (χ3n) is 6.18. The molecule has 4 aromatic rings. The number of ether oxygens (including phenoxy) is 5. The number of rotatable bonds is 10. The average Bonchev–Trinajstić information content (AvgIpc) is 3.62. The van der Waals surface area contributed by atoms with Crippen LogP contribution in [0, 0.1) is 0 Å². The lowest BCUT2D eigenvalue weighted by molar-refractivity contribution is -0.118. The van der Waals surface area contributed by atoms with Crippen LogP contribution in [0.15, 0.2) is 53.7 Å². The summed E-state index contributed by atoms with van der Waals surface area (Å²) in [7, 11) is 6.21. The number of nitrogens with one attached hydrogen (secondary N) is 1. The van der Waals surface area contributed by atoms with Crippen molar-refractivity contribution in [2.75, 3.05) is 40.4 Å². The first-order valence-electron chi connectivity index (χ1n) is 12.1. The molecular formula is C28H26ClN3O7S. The Morgan fingerprint density at radius 2 is 1.73 bits per heavy atom. The van der Waals surface area contributed by atoms with Gasteiger partial charge in [0.2, 0.25) is 5.75 Å². The molecule has 12 heteroatoms. The van der Waals surface area contributed by atoms with Crippen molar-refractivity contribution in [3.63, 3.8) is 0 Å². The topological polar surface area (TPSA) is 110 Å². The number of anilines is 1. The second kappa shape index (κ2) is 11.9. The van der Waals surface area contributed by atoms with Crippen LogP contribution in [0.25, 0.3) is 10.2 Å². The Kier molecular flexibility index (Phi) is 8.13. The molecule has 0 fully saturated rings. The zero-order valence-corrected chi connectivity index (χ0v) is 23.7. The molecule has 5 rings (SSSR count). The highest BCUT2D eigenvalue weighted by Gasteiger charge is 2.27. The molecule has 40 heavy (non-hydrogen) atoms. The van der Waals surface area contributed by atoms with Gasteiger partial charge in [0, 0.05) is 17.0 Å². The molecule has 1 aromatic heterocycles. The second-order valence-corrected chi connectivity index (χ2v) is 10.1. The highest BCUT2D eigenvalue weighted by molar-refractivity contribution is 7.22. The summed E-state index contributed by atoms with van der Waals surface area (Å²) >= 11 is 7.38. The molecule has 0 saturated carbocycles. The van der Waals surface area contributed by atoms with Gasteiger partial charge in [-0.2, -0.15) is 0 Å². The number of oxime groups is 1. The number of hydrogen-bond donors (Lipinski definition) is 1. The van der Waals surface area contributed by atoms with Crippen LogP contribution in [0.4, 0.5) is 5.13 Å². The van der Waals surface area contributed by atoms with Gasteiger partial charge in [0.25, 0.3) is 5.91 Å². The molecule has 3 aromatic carbocycles. The summed E-state index contributed by atoms with van der Waals surface area (Å²) in [4.78, 5) is 22.8. The van der Waals surface area contributed by atoms with Crippen LogP contribution in [0.5, 0.6) is 28.7 Å². The maximum Gasteiger partial charge on any atom is 0.264 e. The number of methoxy groups -OCH3 is 4. The standard InChI is InChI=1S/C28H26ClN3O7S/c1-34-20-7-5-15(21-13-18(32-39-21)16-10-23(35-2)27(37-4)24(11-16)36-3)9-22(20)38-14-26(33)31-28-30-19-12-17(29)6-8-25(19)40-28/h5-12,21H,13-14H2,1-4H3,(H,30,31,33). The van der Waals surface area contributed by atoms with Gasteiger partial charge in [-0.3, -0.25) is 10.1 Å². The van der Waals surface area contributed by atoms with Crippen molar-refractivity contribution in [1.29, 1.82) is 0 Å². The van der Waals surface area contributed by atoms with E-state index in [-0.39, 0.29) is 18.6 Å². The summed E-state index contributed by atoms with van der Waals surface area (Å²) in [5, 5.41) is 8.11. The summed E-state index contributed by atoms with van der Waals surface area (Å²) in [5.41, 5.74) is 3.04. The molecule has 208 valence electrons. The van der Waals surface area contributed by atoms with E-state index in [0.29, 0.717) is 50.8 Å². The van der Waals surface area contributed by atoms with Crippen molar-refractivity contribution in [2.24, 2.45) is 5.16 Å². The van der Waals surface area contributed by atoms with E-state index in [1.165, 1.54) is 18.4 Å². The fraction of sp³-hybridized carbons (Fsp3) is 0.250. The van der Waals surface area contributed by atoms with Crippen molar-refractivity contribution >= 4 is 49.9 Å². The Balaban J connectivity index is 1.26. The first-order valence-corrected chi connectivity index (χ1v) is 13.3. The van der Waals surface area contributed by atoms with Gasteiger partial charge in [-0.25, -0.2) is 4.98 Å². The SMILES string of the molecule is COc1ccc(C2CC(c3cc(OC)c(OC)c(OC)c3)=NO2)cc1OCC(=O)Nc1nc2cc(Cl)ccc2s1. The Morgan fingerprint density at radius 1 is 0.975 bits per heavy atom. The minimum absolute atomic E-state index is 0.241. The number of nitrogens with zero attached hydrogens (tertiary/aromatic N) is 2. The van der Waals surface area contributed by atoms with Crippen LogP contribution < -0.4 is 29.0 Å². The molecule has 1 aliphatic heterocycles. The summed E-state index contributed by atoms with van der Waals surface area (Å²) in [6.07, 6.45) is 0.123. The summed E-state index contributed by atoms with van der Waals surface area (Å²) in [6, 6.07) is 14.5. The number of halogens is 1. The van der Waals surface area contributed by atoms with Gasteiger partial charge < -0.3 is 28.5 Å². The third kappa shape index (κ3) is 5.70. The molecule has 1 amide bonds. The summed E-state index contributed by atoms with van der Waals surface area (Å²) < 4.78 is 28.5. The molecule has 0 radical (unpaired) electrons. The number of benzene rings is 3. The number of carbonyl (C=O) groups is 1. The molecule has 0 spiro atoms. The van der Waals surface area contributed by atoms with Gasteiger partial charge in [0.1, 0.15) is 0 Å². The zero-order chi connectivity index (χ0) is 28.2. The maximum absolute atomic E-state index is 12.6. The van der Waals surface area contributed by atoms with Gasteiger partial charge in [0.05, 0.1) is 44.4 Å². The Bertz CT molecular complexity index is 1560. The summed E-state index contributed by atoms with van der Waals surface area (Å²) in [5.74, 6) is 2.07. The first-order chi connectivity index (χ1) is 19.4. The maximum atomic E-state index is 12.6. The van der Waals surface area contributed by atoms with Crippen molar-refractivity contribution in [1.82, 2.24) is 4.98 Å². The Labute approximate surface area is 239 Å². The number of carbonyl (C=O) groups excluding carboxylic acids is 1. The van der Waals surface area contributed by atoms with E-state index < -0.39 is 0 Å². The van der Waals surface area contributed by atoms with E-state index in [1.807, 2.05) is 24.3 Å². The molecule has 1 atom stereocenters. The van der Waals surface area contributed by atoms with E-state index in [0.717, 1.165) is 21.5 Å². The fourth-order valence-corrected chi connectivity index (χ4v) is 5.26. The molecule has 1 N–H and O–H groups in total. The third-order valence-corrected chi connectivity index (χ3v) is 7.37. The minimum Gasteiger partial charge on any atom is -0.493 e. The predicted molar refractivity (Wildman–Crippen MR) is 153 cm³/mol. The van der Waals surface area contributed by atoms with Crippen LogP contribution in [-0.4, -0.2) is 51.6 Å². The first kappa shape index (κ1) is 27.4. The monoisotopic (exact) mass is 583 g/mol. The normalized spacial score (nSPS) is 14.3. The molecule has 2 heterocycles. The fourth-order valence-electron chi connectivity index (χ4n) is 4.23. The average molecular weight is 584 g/mol. The molecule has 0 aliphatic carbocycles. The highest BCUT2D eigenvalue weighted by atomic mass is 35.5. The van der Waals surface area contributed by atoms with Crippen molar-refractivity contribution in [3.05, 3.63) is 64.7 Å². The quantitative estimate of drug-likeness (QED) is 0.247. The number of hydrogen-bond acceptors (Lipinski definition) is 10. The number of thiazole rings is 1. The molecule has 0 saturated heterocycles. The Morgan fingerprint density at radius 3 is 2.42 bits per heavy atom. The van der Waals surface area contributed by atoms with Gasteiger partial charge >= 0.3 is 0 Å². The molecule has 10 nitrogen and oxygen atoms in total. The van der Waals surface area contributed by atoms with Gasteiger partial charge in [-0.05, 0) is 48.0 Å². The van der Waals surface area contributed by atoms with E-state index >= 15 is 0 Å². The van der Waals surface area contributed by atoms with Crippen molar-refractivity contribution in [2.45, 2.75) is 12.5 Å². The zero-order valence-electron chi connectivity index (χ0n) is 22.1. The molecule has 0 bridgehead atoms. The molecular weight excluding hydrogens is 558 g/mol. The molecule has 1 aliphatic rings. The number of amides is 1. The second-order valence-electron chi connectivity index (χ2n) is 8.63. The lowest BCUT2D eigenvalue weighted by Crippen LogP contribution is -2.20. The van der Waals surface area contributed by atoms with Crippen LogP contribution in [0.1, 0.15) is 23.7 Å². The van der Waals surface area contributed by atoms with Crippen LogP contribution in [0.3, 0.4) is 0 Å². The van der Waals surface area contributed by atoms with E-state index in [9.17, 15) is 4.79 Å². The van der Waals surface area contributed by atoms with Crippen LogP contribution in [-0.2, 0) is 9.63 Å². The number of aromatic nitrogens is 1. The lowest BCUT2D eigenvalue weighted by atomic mass is 9.99. The van der Waals surface area contributed by atoms with Crippen molar-refractivity contribution < 1.29 is 33.3 Å². The van der Waals surface area contributed by atoms with Crippen molar-refractivity contribution in [3.8, 4) is 28.7 Å². The van der Waals surface area contributed by atoms with Gasteiger partial charge in [0.15, 0.2) is 40.8 Å². The van der Waals surface area contributed by atoms with Crippen LogP contribution >= 0.6 is 22.9 Å². The van der Waals surface area contributed by atoms with Gasteiger partial charge in [-0.15, -0.1) is 0 Å². The highest BCUT2D eigenvalue weighted by Crippen LogP contribution is 2.41. The molecule has 1 unspecified atom stereocenters. The Hall–Kier alpha value is -4.22. The predicted octanol–water partition coefficient (Wildman–Crippen LogP) is 5.87. The number of fused-ring (bicyclic) bond motifs is 1. The lowest BCUT2D eigenvalue weighted by Gasteiger charge is -2.15. The van der Waals surface area contributed by atoms with E-state index in [1.54, 1.807) is 45.6 Å². The smallest absolute Gasteiger partial charge is 0.264 e. The summed E-state index contributed by atoms with van der Waals surface area (Å²) in [6.45, 7) is -0.241.